The minimum absolute atomic E-state index is 0.156. The summed E-state index contributed by atoms with van der Waals surface area (Å²) in [7, 11) is 0. The van der Waals surface area contributed by atoms with E-state index >= 15 is 0 Å². The van der Waals surface area contributed by atoms with Crippen LogP contribution in [0.3, 0.4) is 0 Å². The molecular weight excluding hydrogens is 541 g/mol. The number of hydrogen-bond acceptors (Lipinski definition) is 5. The predicted octanol–water partition coefficient (Wildman–Crippen LogP) is 7.39. The van der Waals surface area contributed by atoms with E-state index in [4.69, 9.17) is 37.4 Å². The minimum atomic E-state index is -0.560. The highest BCUT2D eigenvalue weighted by Crippen LogP contribution is 2.38. The summed E-state index contributed by atoms with van der Waals surface area (Å²) in [5.74, 6) is 0.739. The molecule has 0 N–H and O–H groups in total. The maximum Gasteiger partial charge on any atom is 0.363 e. The SMILES string of the molecule is CCOc1cc(/C=C2\N=C(c3ccc(Cl)c(Cl)c3)OC2=O)cc(Br)c1OCc1cccc(C)c1. The van der Waals surface area contributed by atoms with Crippen molar-refractivity contribution in [3.8, 4) is 11.5 Å². The number of carbonyl (C=O) groups excluding carboxylic acids is 1. The number of ether oxygens (including phenoxy) is 3. The van der Waals surface area contributed by atoms with Gasteiger partial charge in [0.15, 0.2) is 17.2 Å². The summed E-state index contributed by atoms with van der Waals surface area (Å²) in [6.45, 7) is 4.78. The fraction of sp³-hybridized carbons (Fsp3) is 0.154. The molecule has 0 spiro atoms. The lowest BCUT2D eigenvalue weighted by molar-refractivity contribution is -0.129. The van der Waals surface area contributed by atoms with Gasteiger partial charge in [-0.1, -0.05) is 53.0 Å². The number of rotatable bonds is 7. The highest BCUT2D eigenvalue weighted by Gasteiger charge is 2.25. The second-order valence-electron chi connectivity index (χ2n) is 7.51. The van der Waals surface area contributed by atoms with Gasteiger partial charge in [0.1, 0.15) is 6.61 Å². The molecule has 0 saturated heterocycles. The lowest BCUT2D eigenvalue weighted by Crippen LogP contribution is -2.05. The Bertz CT molecular complexity index is 1320. The molecule has 0 fully saturated rings. The average Bonchev–Trinajstić information content (AvgIpc) is 3.15. The van der Waals surface area contributed by atoms with Gasteiger partial charge in [-0.15, -0.1) is 0 Å². The molecule has 1 aliphatic rings. The quantitative estimate of drug-likeness (QED) is 0.223. The number of nitrogens with zero attached hydrogens (tertiary/aromatic N) is 1. The largest absolute Gasteiger partial charge is 0.490 e. The van der Waals surface area contributed by atoms with Crippen molar-refractivity contribution in [3.63, 3.8) is 0 Å². The molecule has 4 rings (SSSR count). The number of benzene rings is 3. The van der Waals surface area contributed by atoms with Gasteiger partial charge in [0.05, 0.1) is 21.1 Å². The maximum absolute atomic E-state index is 12.4. The summed E-state index contributed by atoms with van der Waals surface area (Å²) >= 11 is 15.6. The van der Waals surface area contributed by atoms with Crippen molar-refractivity contribution >= 4 is 57.1 Å². The molecule has 0 radical (unpaired) electrons. The first kappa shape index (κ1) is 24.3. The summed E-state index contributed by atoms with van der Waals surface area (Å²) in [5, 5.41) is 0.756. The van der Waals surface area contributed by atoms with Crippen LogP contribution in [0.2, 0.25) is 10.0 Å². The van der Waals surface area contributed by atoms with Gasteiger partial charge >= 0.3 is 5.97 Å². The number of hydrogen-bond donors (Lipinski definition) is 0. The van der Waals surface area contributed by atoms with Crippen molar-refractivity contribution < 1.29 is 19.0 Å². The number of aryl methyl sites for hydroxylation is 1. The van der Waals surface area contributed by atoms with Crippen LogP contribution in [0.15, 0.2) is 69.8 Å². The molecule has 1 heterocycles. The predicted molar refractivity (Wildman–Crippen MR) is 138 cm³/mol. The number of esters is 1. The van der Waals surface area contributed by atoms with Crippen LogP contribution in [0.4, 0.5) is 0 Å². The van der Waals surface area contributed by atoms with Crippen LogP contribution in [-0.2, 0) is 16.1 Å². The third kappa shape index (κ3) is 5.63. The van der Waals surface area contributed by atoms with E-state index in [1.807, 2.05) is 38.1 Å². The molecule has 34 heavy (non-hydrogen) atoms. The van der Waals surface area contributed by atoms with Gasteiger partial charge in [0, 0.05) is 5.56 Å². The van der Waals surface area contributed by atoms with Gasteiger partial charge in [0.25, 0.3) is 0 Å². The van der Waals surface area contributed by atoms with E-state index in [-0.39, 0.29) is 11.6 Å². The minimum Gasteiger partial charge on any atom is -0.490 e. The first-order valence-corrected chi connectivity index (χ1v) is 12.0. The molecular formula is C26H20BrCl2NO4. The summed E-state index contributed by atoms with van der Waals surface area (Å²) in [4.78, 5) is 16.8. The summed E-state index contributed by atoms with van der Waals surface area (Å²) in [6.07, 6.45) is 1.63. The standard InChI is InChI=1S/C26H20BrCl2NO4/c1-3-32-23-12-17(10-19(27)24(23)33-14-16-6-4-5-15(2)9-16)11-22-26(31)34-25(30-22)18-7-8-20(28)21(29)13-18/h4-13H,3,14H2,1-2H3/b22-11-. The van der Waals surface area contributed by atoms with Gasteiger partial charge in [-0.2, -0.15) is 0 Å². The molecule has 8 heteroatoms. The molecule has 174 valence electrons. The Morgan fingerprint density at radius 3 is 2.62 bits per heavy atom. The van der Waals surface area contributed by atoms with Crippen LogP contribution >= 0.6 is 39.1 Å². The molecule has 0 atom stereocenters. The van der Waals surface area contributed by atoms with Crippen molar-refractivity contribution in [1.29, 1.82) is 0 Å². The van der Waals surface area contributed by atoms with Crippen LogP contribution in [0.25, 0.3) is 6.08 Å². The average molecular weight is 561 g/mol. The Hall–Kier alpha value is -2.80. The molecule has 5 nitrogen and oxygen atoms in total. The van der Waals surface area contributed by atoms with E-state index in [0.717, 1.165) is 11.1 Å². The van der Waals surface area contributed by atoms with Crippen molar-refractivity contribution in [2.75, 3.05) is 6.61 Å². The van der Waals surface area contributed by atoms with Gasteiger partial charge < -0.3 is 14.2 Å². The molecule has 0 bridgehead atoms. The van der Waals surface area contributed by atoms with Crippen molar-refractivity contribution in [1.82, 2.24) is 0 Å². The Labute approximate surface area is 216 Å². The van der Waals surface area contributed by atoms with Gasteiger partial charge in [-0.25, -0.2) is 9.79 Å². The van der Waals surface area contributed by atoms with E-state index in [2.05, 4.69) is 27.0 Å². The molecule has 0 aliphatic carbocycles. The second-order valence-corrected chi connectivity index (χ2v) is 9.17. The van der Waals surface area contributed by atoms with Crippen LogP contribution in [0.5, 0.6) is 11.5 Å². The van der Waals surface area contributed by atoms with E-state index in [1.165, 1.54) is 0 Å². The van der Waals surface area contributed by atoms with E-state index in [1.54, 1.807) is 30.3 Å². The number of aliphatic imine (C=N–C) groups is 1. The molecule has 1 aliphatic heterocycles. The van der Waals surface area contributed by atoms with E-state index < -0.39 is 5.97 Å². The normalized spacial score (nSPS) is 14.2. The van der Waals surface area contributed by atoms with E-state index in [9.17, 15) is 4.79 Å². The Morgan fingerprint density at radius 2 is 1.88 bits per heavy atom. The van der Waals surface area contributed by atoms with Crippen molar-refractivity contribution in [3.05, 3.63) is 97.1 Å². The zero-order valence-electron chi connectivity index (χ0n) is 18.4. The zero-order chi connectivity index (χ0) is 24.2. The fourth-order valence-corrected chi connectivity index (χ4v) is 4.22. The molecule has 0 unspecified atom stereocenters. The highest BCUT2D eigenvalue weighted by molar-refractivity contribution is 9.10. The highest BCUT2D eigenvalue weighted by atomic mass is 79.9. The second kappa shape index (κ2) is 10.6. The molecule has 3 aromatic carbocycles. The molecule has 3 aromatic rings. The van der Waals surface area contributed by atoms with Gasteiger partial charge in [-0.3, -0.25) is 0 Å². The maximum atomic E-state index is 12.4. The smallest absolute Gasteiger partial charge is 0.363 e. The Morgan fingerprint density at radius 1 is 1.06 bits per heavy atom. The first-order valence-electron chi connectivity index (χ1n) is 10.5. The topological polar surface area (TPSA) is 57.1 Å². The first-order chi connectivity index (χ1) is 16.3. The van der Waals surface area contributed by atoms with Crippen molar-refractivity contribution in [2.45, 2.75) is 20.5 Å². The van der Waals surface area contributed by atoms with E-state index in [0.29, 0.717) is 50.4 Å². The fourth-order valence-electron chi connectivity index (χ4n) is 3.35. The lowest BCUT2D eigenvalue weighted by Gasteiger charge is -2.15. The van der Waals surface area contributed by atoms with Gasteiger partial charge in [0.2, 0.25) is 5.90 Å². The molecule has 0 amide bonds. The van der Waals surface area contributed by atoms with Gasteiger partial charge in [-0.05, 0) is 77.3 Å². The number of cyclic esters (lactones) is 1. The Kier molecular flexibility index (Phi) is 7.61. The van der Waals surface area contributed by atoms with Crippen LogP contribution < -0.4 is 9.47 Å². The molecule has 0 saturated carbocycles. The number of halogens is 3. The summed E-state index contributed by atoms with van der Waals surface area (Å²) in [6, 6.07) is 16.7. The summed E-state index contributed by atoms with van der Waals surface area (Å²) in [5.41, 5.74) is 3.63. The third-order valence-electron chi connectivity index (χ3n) is 4.89. The Balaban J connectivity index is 1.61. The van der Waals surface area contributed by atoms with Crippen LogP contribution in [0, 0.1) is 6.92 Å². The zero-order valence-corrected chi connectivity index (χ0v) is 21.5. The lowest BCUT2D eigenvalue weighted by atomic mass is 10.1. The van der Waals surface area contributed by atoms with Crippen LogP contribution in [0.1, 0.15) is 29.2 Å². The third-order valence-corrected chi connectivity index (χ3v) is 6.22. The number of carbonyl (C=O) groups is 1. The van der Waals surface area contributed by atoms with Crippen molar-refractivity contribution in [2.24, 2.45) is 4.99 Å². The van der Waals surface area contributed by atoms with Crippen LogP contribution in [-0.4, -0.2) is 18.5 Å². The molecule has 0 aromatic heterocycles. The monoisotopic (exact) mass is 559 g/mol. The summed E-state index contributed by atoms with van der Waals surface area (Å²) < 4.78 is 17.9.